The molecule has 0 heterocycles. The number of benzene rings is 1. The molecule has 1 aromatic carbocycles. The van der Waals surface area contributed by atoms with Crippen molar-refractivity contribution >= 4 is 17.6 Å². The van der Waals surface area contributed by atoms with Crippen molar-refractivity contribution in [3.63, 3.8) is 0 Å². The number of methoxy groups -OCH3 is 1. The number of halogens is 2. The summed E-state index contributed by atoms with van der Waals surface area (Å²) >= 11 is 5.74. The average Bonchev–Trinajstić information content (AvgIpc) is 2.20. The molecule has 0 aliphatic rings. The number of esters is 1. The van der Waals surface area contributed by atoms with E-state index in [0.29, 0.717) is 6.42 Å². The number of hydrogen-bond acceptors (Lipinski definition) is 2. The minimum atomic E-state index is -0.717. The summed E-state index contributed by atoms with van der Waals surface area (Å²) in [5.41, 5.74) is 0.803. The zero-order chi connectivity index (χ0) is 10.6. The molecule has 2 nitrogen and oxygen atoms in total. The van der Waals surface area contributed by atoms with Gasteiger partial charge >= 0.3 is 5.97 Å². The fourth-order valence-electron chi connectivity index (χ4n) is 1.04. The predicted octanol–water partition coefficient (Wildman–Crippen LogP) is 2.15. The second-order valence-corrected chi connectivity index (χ2v) is 3.35. The van der Waals surface area contributed by atoms with Gasteiger partial charge in [-0.05, 0) is 24.1 Å². The van der Waals surface area contributed by atoms with Crippen LogP contribution in [0.1, 0.15) is 5.56 Å². The van der Waals surface area contributed by atoms with Crippen LogP contribution in [0.5, 0.6) is 0 Å². The monoisotopic (exact) mass is 216 g/mol. The highest BCUT2D eigenvalue weighted by atomic mass is 35.5. The summed E-state index contributed by atoms with van der Waals surface area (Å²) in [5.74, 6) is -0.783. The first kappa shape index (κ1) is 11.0. The highest BCUT2D eigenvalue weighted by Crippen LogP contribution is 2.10. The third kappa shape index (κ3) is 3.00. The molecule has 0 fully saturated rings. The van der Waals surface area contributed by atoms with Gasteiger partial charge in [0.1, 0.15) is 11.2 Å². The molecule has 0 bridgehead atoms. The topological polar surface area (TPSA) is 26.3 Å². The Labute approximate surface area is 86.6 Å². The van der Waals surface area contributed by atoms with Gasteiger partial charge in [0.15, 0.2) is 0 Å². The Morgan fingerprint density at radius 2 is 2.07 bits per heavy atom. The normalized spacial score (nSPS) is 12.2. The van der Waals surface area contributed by atoms with Gasteiger partial charge in [-0.1, -0.05) is 12.1 Å². The maximum atomic E-state index is 12.5. The maximum absolute atomic E-state index is 12.5. The number of carbonyl (C=O) groups is 1. The fraction of sp³-hybridized carbons (Fsp3) is 0.300. The molecule has 1 rings (SSSR count). The van der Waals surface area contributed by atoms with E-state index in [0.717, 1.165) is 5.56 Å². The lowest BCUT2D eigenvalue weighted by molar-refractivity contribution is -0.140. The first-order chi connectivity index (χ1) is 6.63. The van der Waals surface area contributed by atoms with Crippen LogP contribution in [0.25, 0.3) is 0 Å². The van der Waals surface area contributed by atoms with Gasteiger partial charge in [0.2, 0.25) is 0 Å². The summed E-state index contributed by atoms with van der Waals surface area (Å²) in [6, 6.07) is 5.84. The molecule has 14 heavy (non-hydrogen) atoms. The molecule has 0 radical (unpaired) electrons. The number of ether oxygens (including phenoxy) is 1. The first-order valence-corrected chi connectivity index (χ1v) is 4.53. The zero-order valence-electron chi connectivity index (χ0n) is 7.67. The van der Waals surface area contributed by atoms with Crippen molar-refractivity contribution in [2.45, 2.75) is 11.8 Å². The van der Waals surface area contributed by atoms with Crippen LogP contribution in [-0.4, -0.2) is 18.5 Å². The Bertz CT molecular complexity index is 310. The van der Waals surface area contributed by atoms with E-state index in [1.54, 1.807) is 12.1 Å². The van der Waals surface area contributed by atoms with Gasteiger partial charge in [0.05, 0.1) is 7.11 Å². The van der Waals surface area contributed by atoms with E-state index in [1.165, 1.54) is 19.2 Å². The molecule has 1 aromatic rings. The summed E-state index contributed by atoms with van der Waals surface area (Å²) < 4.78 is 17.0. The third-order valence-electron chi connectivity index (χ3n) is 1.79. The molecular weight excluding hydrogens is 207 g/mol. The third-order valence-corrected chi connectivity index (χ3v) is 2.12. The minimum Gasteiger partial charge on any atom is -0.468 e. The smallest absolute Gasteiger partial charge is 0.324 e. The fourth-order valence-corrected chi connectivity index (χ4v) is 1.31. The Balaban J connectivity index is 2.60. The van der Waals surface area contributed by atoms with E-state index >= 15 is 0 Å². The van der Waals surface area contributed by atoms with Crippen LogP contribution >= 0.6 is 11.6 Å². The van der Waals surface area contributed by atoms with Crippen LogP contribution in [0, 0.1) is 5.82 Å². The standard InChI is InChI=1S/C10H10ClFO2/c1-14-10(13)9(11)6-7-2-4-8(12)5-3-7/h2-5,9H,6H2,1H3. The van der Waals surface area contributed by atoms with Gasteiger partial charge in [0, 0.05) is 0 Å². The van der Waals surface area contributed by atoms with Crippen molar-refractivity contribution in [2.75, 3.05) is 7.11 Å². The Hall–Kier alpha value is -1.09. The van der Waals surface area contributed by atoms with E-state index in [9.17, 15) is 9.18 Å². The lowest BCUT2D eigenvalue weighted by Gasteiger charge is -2.06. The lowest BCUT2D eigenvalue weighted by Crippen LogP contribution is -2.18. The van der Waals surface area contributed by atoms with Crippen LogP contribution in [0.4, 0.5) is 4.39 Å². The van der Waals surface area contributed by atoms with Gasteiger partial charge in [-0.15, -0.1) is 11.6 Å². The van der Waals surface area contributed by atoms with Gasteiger partial charge in [-0.3, -0.25) is 4.79 Å². The molecule has 0 N–H and O–H groups in total. The lowest BCUT2D eigenvalue weighted by atomic mass is 10.1. The molecule has 0 aliphatic carbocycles. The number of rotatable bonds is 3. The van der Waals surface area contributed by atoms with Crippen molar-refractivity contribution in [2.24, 2.45) is 0 Å². The van der Waals surface area contributed by atoms with E-state index in [-0.39, 0.29) is 5.82 Å². The van der Waals surface area contributed by atoms with Crippen LogP contribution in [0.3, 0.4) is 0 Å². The van der Waals surface area contributed by atoms with Gasteiger partial charge in [-0.2, -0.15) is 0 Å². The van der Waals surface area contributed by atoms with Crippen LogP contribution in [0.15, 0.2) is 24.3 Å². The number of carbonyl (C=O) groups excluding carboxylic acids is 1. The summed E-state index contributed by atoms with van der Waals surface area (Å²) in [7, 11) is 1.28. The summed E-state index contributed by atoms with van der Waals surface area (Å²) in [5, 5.41) is -0.717. The quantitative estimate of drug-likeness (QED) is 0.572. The largest absolute Gasteiger partial charge is 0.468 e. The molecule has 0 saturated heterocycles. The molecule has 1 atom stereocenters. The highest BCUT2D eigenvalue weighted by Gasteiger charge is 2.15. The van der Waals surface area contributed by atoms with Gasteiger partial charge in [-0.25, -0.2) is 4.39 Å². The Morgan fingerprint density at radius 1 is 1.50 bits per heavy atom. The van der Waals surface area contributed by atoms with E-state index in [1.807, 2.05) is 0 Å². The molecule has 76 valence electrons. The van der Waals surface area contributed by atoms with E-state index < -0.39 is 11.3 Å². The molecule has 0 amide bonds. The predicted molar refractivity (Wildman–Crippen MR) is 51.8 cm³/mol. The molecule has 0 saturated carbocycles. The maximum Gasteiger partial charge on any atom is 0.324 e. The average molecular weight is 217 g/mol. The van der Waals surface area contributed by atoms with Crippen LogP contribution < -0.4 is 0 Å². The van der Waals surface area contributed by atoms with E-state index in [4.69, 9.17) is 11.6 Å². The van der Waals surface area contributed by atoms with Crippen molar-refractivity contribution < 1.29 is 13.9 Å². The SMILES string of the molecule is COC(=O)C(Cl)Cc1ccc(F)cc1. The van der Waals surface area contributed by atoms with E-state index in [2.05, 4.69) is 4.74 Å². The highest BCUT2D eigenvalue weighted by molar-refractivity contribution is 6.30. The summed E-state index contributed by atoms with van der Waals surface area (Å²) in [4.78, 5) is 11.0. The van der Waals surface area contributed by atoms with Crippen LogP contribution in [-0.2, 0) is 16.0 Å². The zero-order valence-corrected chi connectivity index (χ0v) is 8.42. The number of hydrogen-bond donors (Lipinski definition) is 0. The minimum absolute atomic E-state index is 0.307. The number of alkyl halides is 1. The summed E-state index contributed by atoms with van der Waals surface area (Å²) in [6.45, 7) is 0. The second-order valence-electron chi connectivity index (χ2n) is 2.82. The van der Waals surface area contributed by atoms with Gasteiger partial charge < -0.3 is 4.74 Å². The Morgan fingerprint density at radius 3 is 2.57 bits per heavy atom. The molecule has 0 aliphatic heterocycles. The van der Waals surface area contributed by atoms with Crippen LogP contribution in [0.2, 0.25) is 0 Å². The first-order valence-electron chi connectivity index (χ1n) is 4.10. The summed E-state index contributed by atoms with van der Waals surface area (Å²) in [6.07, 6.45) is 0.342. The molecule has 0 aromatic heterocycles. The molecule has 1 unspecified atom stereocenters. The molecule has 0 spiro atoms. The second kappa shape index (κ2) is 4.96. The Kier molecular flexibility index (Phi) is 3.89. The van der Waals surface area contributed by atoms with Crippen molar-refractivity contribution in [3.8, 4) is 0 Å². The molecule has 4 heteroatoms. The van der Waals surface area contributed by atoms with Crippen molar-refractivity contribution in [1.82, 2.24) is 0 Å². The van der Waals surface area contributed by atoms with Crippen molar-refractivity contribution in [1.29, 1.82) is 0 Å². The molecular formula is C10H10ClFO2. The van der Waals surface area contributed by atoms with Crippen molar-refractivity contribution in [3.05, 3.63) is 35.6 Å². The van der Waals surface area contributed by atoms with Gasteiger partial charge in [0.25, 0.3) is 0 Å².